The van der Waals surface area contributed by atoms with Gasteiger partial charge in [0.05, 0.1) is 6.04 Å². The van der Waals surface area contributed by atoms with Crippen molar-refractivity contribution in [3.63, 3.8) is 0 Å². The van der Waals surface area contributed by atoms with E-state index in [1.807, 2.05) is 12.1 Å². The summed E-state index contributed by atoms with van der Waals surface area (Å²) in [7, 11) is 0. The van der Waals surface area contributed by atoms with Gasteiger partial charge in [0.25, 0.3) is 0 Å². The highest BCUT2D eigenvalue weighted by Gasteiger charge is 2.46. The fourth-order valence-electron chi connectivity index (χ4n) is 8.65. The summed E-state index contributed by atoms with van der Waals surface area (Å²) in [5.41, 5.74) is 13.6. The van der Waals surface area contributed by atoms with Gasteiger partial charge in [0.15, 0.2) is 0 Å². The van der Waals surface area contributed by atoms with E-state index in [4.69, 9.17) is 0 Å². The summed E-state index contributed by atoms with van der Waals surface area (Å²) in [5, 5.41) is 18.5. The lowest BCUT2D eigenvalue weighted by atomic mass is 9.75. The molecular formula is C44H34N2O2S2. The number of hydrogen-bond donors (Lipinski definition) is 1. The quantitative estimate of drug-likeness (QED) is 0.143. The number of nitrogens with zero attached hydrogens (tertiary/aromatic N) is 2. The van der Waals surface area contributed by atoms with Crippen LogP contribution in [-0.2, 0) is 10.2 Å². The van der Waals surface area contributed by atoms with Gasteiger partial charge in [-0.25, -0.2) is 4.79 Å². The number of anilines is 1. The van der Waals surface area contributed by atoms with E-state index in [9.17, 15) is 15.2 Å². The predicted octanol–water partition coefficient (Wildman–Crippen LogP) is 11.4. The van der Waals surface area contributed by atoms with Crippen LogP contribution in [0.1, 0.15) is 65.6 Å². The maximum Gasteiger partial charge on any atom is 0.346 e. The monoisotopic (exact) mass is 686 g/mol. The molecule has 0 spiro atoms. The number of benzene rings is 3. The zero-order valence-electron chi connectivity index (χ0n) is 27.8. The van der Waals surface area contributed by atoms with E-state index < -0.39 is 5.97 Å². The van der Waals surface area contributed by atoms with Gasteiger partial charge in [0, 0.05) is 42.2 Å². The zero-order valence-corrected chi connectivity index (χ0v) is 29.4. The summed E-state index contributed by atoms with van der Waals surface area (Å²) in [6.07, 6.45) is 9.53. The molecule has 2 unspecified atom stereocenters. The third kappa shape index (κ3) is 4.72. The minimum Gasteiger partial charge on any atom is -0.477 e. The van der Waals surface area contributed by atoms with E-state index in [1.165, 1.54) is 78.2 Å². The third-order valence-corrected chi connectivity index (χ3v) is 13.2. The number of thiophene rings is 2. The molecule has 3 aromatic carbocycles. The topological polar surface area (TPSA) is 64.3 Å². The molecule has 2 aromatic heterocycles. The van der Waals surface area contributed by atoms with Crippen LogP contribution in [0.3, 0.4) is 0 Å². The summed E-state index contributed by atoms with van der Waals surface area (Å²) in [6.45, 7) is 4.73. The number of rotatable bonds is 6. The fourth-order valence-corrected chi connectivity index (χ4v) is 10.7. The largest absolute Gasteiger partial charge is 0.477 e. The van der Waals surface area contributed by atoms with Crippen molar-refractivity contribution in [2.75, 3.05) is 4.90 Å². The number of aliphatic carboxylic acids is 1. The number of nitriles is 1. The molecule has 0 saturated heterocycles. The van der Waals surface area contributed by atoms with E-state index in [2.05, 4.69) is 116 Å². The standard InChI is InChI=1S/C44H34N2O2S2/c1-44(2)35-13-7-6-11-30(35)31-17-15-26(24-36(31)44)42-34-19-18-32(33-12-8-14-37(41(33)34)46(42)28-9-4-3-5-10-28)38-21-22-40(50-38)39-20-16-29(49-39)23-27(25-45)43(47)48/h3-7,9-11,13,15-24,34,42H,8,12,14H2,1-2H3,(H,47,48). The van der Waals surface area contributed by atoms with Crippen LogP contribution in [0.2, 0.25) is 0 Å². The van der Waals surface area contributed by atoms with Crippen molar-refractivity contribution >= 4 is 46.0 Å². The molecule has 0 fully saturated rings. The van der Waals surface area contributed by atoms with Crippen LogP contribution in [0.4, 0.5) is 5.69 Å². The highest BCUT2D eigenvalue weighted by Crippen LogP contribution is 2.58. The van der Waals surface area contributed by atoms with Gasteiger partial charge in [0.2, 0.25) is 0 Å². The van der Waals surface area contributed by atoms with Crippen LogP contribution in [0.5, 0.6) is 0 Å². The molecule has 50 heavy (non-hydrogen) atoms. The Hall–Kier alpha value is -5.22. The highest BCUT2D eigenvalue weighted by molar-refractivity contribution is 7.23. The number of hydrogen-bond acceptors (Lipinski definition) is 5. The minimum atomic E-state index is -1.21. The van der Waals surface area contributed by atoms with Crippen molar-refractivity contribution in [1.82, 2.24) is 0 Å². The van der Waals surface area contributed by atoms with Crippen molar-refractivity contribution in [3.8, 4) is 27.0 Å². The predicted molar refractivity (Wildman–Crippen MR) is 205 cm³/mol. The molecule has 6 heteroatoms. The molecule has 4 aliphatic rings. The van der Waals surface area contributed by atoms with Crippen LogP contribution >= 0.6 is 22.7 Å². The Labute approximate surface area is 300 Å². The number of fused-ring (bicyclic) bond motifs is 3. The Morgan fingerprint density at radius 2 is 1.62 bits per heavy atom. The minimum absolute atomic E-state index is 0.0590. The van der Waals surface area contributed by atoms with Crippen molar-refractivity contribution in [1.29, 1.82) is 5.26 Å². The van der Waals surface area contributed by atoms with Crippen LogP contribution in [0.15, 0.2) is 132 Å². The van der Waals surface area contributed by atoms with Gasteiger partial charge in [0.1, 0.15) is 11.6 Å². The molecule has 1 aliphatic heterocycles. The second kappa shape index (κ2) is 11.7. The molecule has 0 saturated carbocycles. The van der Waals surface area contributed by atoms with Gasteiger partial charge >= 0.3 is 5.97 Å². The van der Waals surface area contributed by atoms with E-state index in [0.717, 1.165) is 33.9 Å². The first-order chi connectivity index (χ1) is 24.3. The lowest BCUT2D eigenvalue weighted by Crippen LogP contribution is -2.27. The van der Waals surface area contributed by atoms with Gasteiger partial charge < -0.3 is 10.0 Å². The fraction of sp³-hybridized carbons (Fsp3) is 0.182. The molecule has 2 atom stereocenters. The second-order valence-corrected chi connectivity index (χ2v) is 16.2. The molecule has 3 aliphatic carbocycles. The Bertz CT molecular complexity index is 2390. The Kier molecular flexibility index (Phi) is 7.20. The van der Waals surface area contributed by atoms with Crippen molar-refractivity contribution in [3.05, 3.63) is 158 Å². The molecule has 0 radical (unpaired) electrons. The number of carbonyl (C=O) groups is 1. The number of allylic oxidation sites excluding steroid dienone is 4. The molecule has 5 aromatic rings. The van der Waals surface area contributed by atoms with Crippen molar-refractivity contribution in [2.24, 2.45) is 5.92 Å². The van der Waals surface area contributed by atoms with Gasteiger partial charge in [-0.2, -0.15) is 5.26 Å². The summed E-state index contributed by atoms with van der Waals surface area (Å²) >= 11 is 3.29. The number of para-hydroxylation sites is 1. The lowest BCUT2D eigenvalue weighted by Gasteiger charge is -2.33. The van der Waals surface area contributed by atoms with Crippen LogP contribution in [0.25, 0.3) is 32.5 Å². The highest BCUT2D eigenvalue weighted by atomic mass is 32.1. The molecule has 0 amide bonds. The molecule has 4 nitrogen and oxygen atoms in total. The zero-order chi connectivity index (χ0) is 34.1. The Morgan fingerprint density at radius 3 is 2.44 bits per heavy atom. The average Bonchev–Trinajstić information content (AvgIpc) is 3.93. The summed E-state index contributed by atoms with van der Waals surface area (Å²) in [4.78, 5) is 18.2. The molecule has 0 bridgehead atoms. The second-order valence-electron chi connectivity index (χ2n) is 14.0. The molecular weight excluding hydrogens is 653 g/mol. The maximum absolute atomic E-state index is 11.4. The number of carboxylic acid groups (broad SMARTS) is 1. The average molecular weight is 687 g/mol. The summed E-state index contributed by atoms with van der Waals surface area (Å²) in [6, 6.07) is 37.3. The molecule has 244 valence electrons. The lowest BCUT2D eigenvalue weighted by molar-refractivity contribution is -0.132. The smallest absolute Gasteiger partial charge is 0.346 e. The molecule has 9 rings (SSSR count). The SMILES string of the molecule is CC1(C)c2ccccc2-c2ccc(C3C4C=CC(c5ccc(-c6ccc(C=C(C#N)C(=O)O)s6)s5)=C5CCCC(=C54)N3c3ccccc3)cc21. The van der Waals surface area contributed by atoms with E-state index in [-0.39, 0.29) is 22.9 Å². The summed E-state index contributed by atoms with van der Waals surface area (Å²) in [5.74, 6) is -0.952. The van der Waals surface area contributed by atoms with Crippen LogP contribution in [0, 0.1) is 17.2 Å². The van der Waals surface area contributed by atoms with Gasteiger partial charge in [-0.3, -0.25) is 0 Å². The van der Waals surface area contributed by atoms with Gasteiger partial charge in [-0.15, -0.1) is 22.7 Å². The first-order valence-corrected chi connectivity index (χ1v) is 18.8. The first kappa shape index (κ1) is 30.8. The maximum atomic E-state index is 11.4. The van der Waals surface area contributed by atoms with Crippen LogP contribution < -0.4 is 4.90 Å². The van der Waals surface area contributed by atoms with Crippen LogP contribution in [-0.4, -0.2) is 11.1 Å². The summed E-state index contributed by atoms with van der Waals surface area (Å²) < 4.78 is 0. The molecule has 3 heterocycles. The van der Waals surface area contributed by atoms with Crippen molar-refractivity contribution in [2.45, 2.75) is 44.6 Å². The van der Waals surface area contributed by atoms with E-state index in [1.54, 1.807) is 17.4 Å². The van der Waals surface area contributed by atoms with E-state index >= 15 is 0 Å². The number of carboxylic acids is 1. The van der Waals surface area contributed by atoms with Gasteiger partial charge in [-0.05, 0) is 106 Å². The normalized spacial score (nSPS) is 20.1. The first-order valence-electron chi connectivity index (χ1n) is 17.1. The Morgan fingerprint density at radius 1 is 0.880 bits per heavy atom. The third-order valence-electron chi connectivity index (χ3n) is 10.9. The van der Waals surface area contributed by atoms with Gasteiger partial charge in [-0.1, -0.05) is 86.7 Å². The molecule has 1 N–H and O–H groups in total. The van der Waals surface area contributed by atoms with E-state index in [0.29, 0.717) is 0 Å². The Balaban J connectivity index is 1.12. The van der Waals surface area contributed by atoms with Crippen molar-refractivity contribution < 1.29 is 9.90 Å².